The van der Waals surface area contributed by atoms with Crippen LogP contribution >= 0.6 is 11.8 Å². The average Bonchev–Trinajstić information content (AvgIpc) is 3.40. The SMILES string of the molecule is CCn1c(SCC(=O)N/N=C(\C)c2ccco2)nnc1-c1ccc(OC)cc1. The Morgan fingerprint density at radius 2 is 2.07 bits per heavy atom. The van der Waals surface area contributed by atoms with Gasteiger partial charge in [0.15, 0.2) is 11.0 Å². The zero-order valence-electron chi connectivity index (χ0n) is 15.9. The highest BCUT2D eigenvalue weighted by molar-refractivity contribution is 7.99. The summed E-state index contributed by atoms with van der Waals surface area (Å²) in [5.74, 6) is 2.09. The Hall–Kier alpha value is -3.07. The van der Waals surface area contributed by atoms with Crippen molar-refractivity contribution in [1.82, 2.24) is 20.2 Å². The summed E-state index contributed by atoms with van der Waals surface area (Å²) < 4.78 is 12.4. The number of furan rings is 1. The molecule has 1 N–H and O–H groups in total. The number of hydrazone groups is 1. The molecule has 1 amide bonds. The minimum Gasteiger partial charge on any atom is -0.497 e. The number of hydrogen-bond donors (Lipinski definition) is 1. The number of ether oxygens (including phenoxy) is 1. The molecule has 2 aromatic heterocycles. The van der Waals surface area contributed by atoms with E-state index < -0.39 is 0 Å². The van der Waals surface area contributed by atoms with E-state index in [9.17, 15) is 4.79 Å². The monoisotopic (exact) mass is 399 g/mol. The molecule has 0 aliphatic carbocycles. The van der Waals surface area contributed by atoms with E-state index in [0.29, 0.717) is 23.2 Å². The number of carbonyl (C=O) groups is 1. The van der Waals surface area contributed by atoms with Gasteiger partial charge in [-0.1, -0.05) is 11.8 Å². The van der Waals surface area contributed by atoms with Crippen LogP contribution in [0.5, 0.6) is 5.75 Å². The van der Waals surface area contributed by atoms with E-state index in [0.717, 1.165) is 17.1 Å². The molecule has 28 heavy (non-hydrogen) atoms. The molecule has 0 unspecified atom stereocenters. The first-order valence-electron chi connectivity index (χ1n) is 8.69. The van der Waals surface area contributed by atoms with Crippen molar-refractivity contribution in [2.45, 2.75) is 25.5 Å². The Kier molecular flexibility index (Phi) is 6.49. The molecule has 8 nitrogen and oxygen atoms in total. The van der Waals surface area contributed by atoms with Crippen LogP contribution in [0.25, 0.3) is 11.4 Å². The number of methoxy groups -OCH3 is 1. The first-order chi connectivity index (χ1) is 13.6. The fourth-order valence-electron chi connectivity index (χ4n) is 2.48. The van der Waals surface area contributed by atoms with Gasteiger partial charge in [-0.05, 0) is 50.2 Å². The van der Waals surface area contributed by atoms with Crippen LogP contribution in [0.15, 0.2) is 57.3 Å². The maximum Gasteiger partial charge on any atom is 0.250 e. The van der Waals surface area contributed by atoms with Crippen LogP contribution in [-0.2, 0) is 11.3 Å². The Balaban J connectivity index is 1.63. The van der Waals surface area contributed by atoms with E-state index in [1.165, 1.54) is 11.8 Å². The molecule has 1 aromatic carbocycles. The molecule has 0 spiro atoms. The van der Waals surface area contributed by atoms with Crippen molar-refractivity contribution in [3.63, 3.8) is 0 Å². The van der Waals surface area contributed by atoms with Gasteiger partial charge in [0.05, 0.1) is 19.1 Å². The van der Waals surface area contributed by atoms with Gasteiger partial charge < -0.3 is 13.7 Å². The number of carbonyl (C=O) groups excluding carboxylic acids is 1. The lowest BCUT2D eigenvalue weighted by molar-refractivity contribution is -0.118. The number of hydrogen-bond acceptors (Lipinski definition) is 7. The zero-order valence-corrected chi connectivity index (χ0v) is 16.7. The zero-order chi connectivity index (χ0) is 19.9. The van der Waals surface area contributed by atoms with Gasteiger partial charge in [-0.25, -0.2) is 5.43 Å². The van der Waals surface area contributed by atoms with Crippen LogP contribution in [0.1, 0.15) is 19.6 Å². The van der Waals surface area contributed by atoms with Gasteiger partial charge in [0.25, 0.3) is 5.91 Å². The summed E-state index contributed by atoms with van der Waals surface area (Å²) in [5, 5.41) is 13.2. The molecule has 0 saturated carbocycles. The van der Waals surface area contributed by atoms with Crippen LogP contribution in [0.2, 0.25) is 0 Å². The summed E-state index contributed by atoms with van der Waals surface area (Å²) in [7, 11) is 1.63. The van der Waals surface area contributed by atoms with E-state index in [4.69, 9.17) is 9.15 Å². The quantitative estimate of drug-likeness (QED) is 0.355. The molecule has 0 bridgehead atoms. The fraction of sp³-hybridized carbons (Fsp3) is 0.263. The largest absolute Gasteiger partial charge is 0.497 e. The third kappa shape index (κ3) is 4.61. The van der Waals surface area contributed by atoms with Gasteiger partial charge >= 0.3 is 0 Å². The van der Waals surface area contributed by atoms with Crippen LogP contribution in [0.3, 0.4) is 0 Å². The number of thioether (sulfide) groups is 1. The molecule has 3 rings (SSSR count). The van der Waals surface area contributed by atoms with E-state index in [1.807, 2.05) is 35.8 Å². The van der Waals surface area contributed by atoms with Gasteiger partial charge in [0, 0.05) is 12.1 Å². The minimum absolute atomic E-state index is 0.176. The summed E-state index contributed by atoms with van der Waals surface area (Å²) >= 11 is 1.31. The molecular weight excluding hydrogens is 378 g/mol. The lowest BCUT2D eigenvalue weighted by Gasteiger charge is -2.07. The van der Waals surface area contributed by atoms with Crippen LogP contribution in [0, 0.1) is 0 Å². The number of amides is 1. The molecule has 0 saturated heterocycles. The predicted molar refractivity (Wildman–Crippen MR) is 107 cm³/mol. The molecular formula is C19H21N5O3S. The normalized spacial score (nSPS) is 11.5. The van der Waals surface area contributed by atoms with E-state index >= 15 is 0 Å². The molecule has 9 heteroatoms. The van der Waals surface area contributed by atoms with Gasteiger partial charge in [-0.2, -0.15) is 5.10 Å². The summed E-state index contributed by atoms with van der Waals surface area (Å²) in [6.07, 6.45) is 1.56. The lowest BCUT2D eigenvalue weighted by atomic mass is 10.2. The molecule has 2 heterocycles. The average molecular weight is 399 g/mol. The Bertz CT molecular complexity index is 949. The molecule has 0 atom stereocenters. The van der Waals surface area contributed by atoms with Crippen molar-refractivity contribution in [2.75, 3.05) is 12.9 Å². The molecule has 0 radical (unpaired) electrons. The van der Waals surface area contributed by atoms with Crippen LogP contribution in [0.4, 0.5) is 0 Å². The van der Waals surface area contributed by atoms with Crippen molar-refractivity contribution < 1.29 is 13.9 Å². The minimum atomic E-state index is -0.229. The van der Waals surface area contributed by atoms with Crippen molar-refractivity contribution in [1.29, 1.82) is 0 Å². The third-order valence-electron chi connectivity index (χ3n) is 3.94. The molecule has 0 aliphatic rings. The lowest BCUT2D eigenvalue weighted by Crippen LogP contribution is -2.21. The highest BCUT2D eigenvalue weighted by atomic mass is 32.2. The second kappa shape index (κ2) is 9.23. The van der Waals surface area contributed by atoms with E-state index in [1.54, 1.807) is 32.4 Å². The van der Waals surface area contributed by atoms with Crippen molar-refractivity contribution >= 4 is 23.4 Å². The van der Waals surface area contributed by atoms with Gasteiger partial charge in [-0.15, -0.1) is 10.2 Å². The maximum absolute atomic E-state index is 12.1. The summed E-state index contributed by atoms with van der Waals surface area (Å²) in [4.78, 5) is 12.1. The summed E-state index contributed by atoms with van der Waals surface area (Å²) in [5.41, 5.74) is 4.06. The fourth-order valence-corrected chi connectivity index (χ4v) is 3.28. The molecule has 0 aliphatic heterocycles. The first-order valence-corrected chi connectivity index (χ1v) is 9.68. The number of rotatable bonds is 8. The maximum atomic E-state index is 12.1. The van der Waals surface area contributed by atoms with Crippen molar-refractivity contribution in [2.24, 2.45) is 5.10 Å². The number of nitrogens with one attached hydrogen (secondary N) is 1. The Morgan fingerprint density at radius 3 is 2.71 bits per heavy atom. The van der Waals surface area contributed by atoms with Gasteiger partial charge in [0.2, 0.25) is 0 Å². The number of benzene rings is 1. The van der Waals surface area contributed by atoms with Crippen molar-refractivity contribution in [3.8, 4) is 17.1 Å². The highest BCUT2D eigenvalue weighted by Crippen LogP contribution is 2.25. The van der Waals surface area contributed by atoms with Crippen molar-refractivity contribution in [3.05, 3.63) is 48.4 Å². The predicted octanol–water partition coefficient (Wildman–Crippen LogP) is 3.20. The van der Waals surface area contributed by atoms with Gasteiger partial charge in [-0.3, -0.25) is 4.79 Å². The van der Waals surface area contributed by atoms with Crippen LogP contribution < -0.4 is 10.2 Å². The smallest absolute Gasteiger partial charge is 0.250 e. The summed E-state index contributed by atoms with van der Waals surface area (Å²) in [6, 6.07) is 11.2. The number of aromatic nitrogens is 3. The third-order valence-corrected chi connectivity index (χ3v) is 4.91. The Labute approximate surface area is 167 Å². The molecule has 3 aromatic rings. The summed E-state index contributed by atoms with van der Waals surface area (Å²) in [6.45, 7) is 4.46. The number of nitrogens with zero attached hydrogens (tertiary/aromatic N) is 4. The first kappa shape index (κ1) is 19.7. The van der Waals surface area contributed by atoms with Crippen LogP contribution in [-0.4, -0.2) is 39.2 Å². The van der Waals surface area contributed by atoms with E-state index in [-0.39, 0.29) is 11.7 Å². The topological polar surface area (TPSA) is 94.5 Å². The second-order valence-corrected chi connectivity index (χ2v) is 6.72. The molecule has 146 valence electrons. The van der Waals surface area contributed by atoms with E-state index in [2.05, 4.69) is 20.7 Å². The highest BCUT2D eigenvalue weighted by Gasteiger charge is 2.14. The second-order valence-electron chi connectivity index (χ2n) is 5.78. The molecule has 0 fully saturated rings. The standard InChI is InChI=1S/C19H21N5O3S/c1-4-24-18(14-7-9-15(26-3)10-8-14)22-23-19(24)28-12-17(25)21-20-13(2)16-6-5-11-27-16/h5-11H,4,12H2,1-3H3,(H,21,25)/b20-13+. The Morgan fingerprint density at radius 1 is 1.29 bits per heavy atom. The van der Waals surface area contributed by atoms with Gasteiger partial charge in [0.1, 0.15) is 17.2 Å².